The van der Waals surface area contributed by atoms with Crippen LogP contribution in [-0.4, -0.2) is 47.9 Å². The normalized spacial score (nSPS) is 18.9. The Morgan fingerprint density at radius 3 is 2.06 bits per heavy atom. The van der Waals surface area contributed by atoms with Crippen molar-refractivity contribution < 1.29 is 4.79 Å². The molecule has 0 aromatic heterocycles. The Hall–Kier alpha value is -0.570. The van der Waals surface area contributed by atoms with E-state index in [1.165, 1.54) is 0 Å². The minimum Gasteiger partial charge on any atom is -0.342 e. The average molecular weight is 226 g/mol. The summed E-state index contributed by atoms with van der Waals surface area (Å²) in [4.78, 5) is 16.3. The highest BCUT2D eigenvalue weighted by atomic mass is 16.2. The Kier molecular flexibility index (Phi) is 4.78. The van der Waals surface area contributed by atoms with Crippen molar-refractivity contribution >= 4 is 5.91 Å². The fraction of sp³-hybridized carbons (Fsp3) is 0.923. The third-order valence-electron chi connectivity index (χ3n) is 3.66. The summed E-state index contributed by atoms with van der Waals surface area (Å²) >= 11 is 0. The van der Waals surface area contributed by atoms with Crippen molar-refractivity contribution in [1.29, 1.82) is 0 Å². The third kappa shape index (κ3) is 3.21. The second kappa shape index (κ2) is 5.67. The smallest absolute Gasteiger partial charge is 0.225 e. The molecule has 1 fully saturated rings. The molecule has 0 spiro atoms. The molecule has 1 rings (SSSR count). The molecule has 3 nitrogen and oxygen atoms in total. The molecule has 0 atom stereocenters. The number of hydrogen-bond acceptors (Lipinski definition) is 2. The van der Waals surface area contributed by atoms with Crippen LogP contribution in [0.15, 0.2) is 0 Å². The molecular weight excluding hydrogens is 200 g/mol. The maximum Gasteiger partial charge on any atom is 0.225 e. The predicted molar refractivity (Wildman–Crippen MR) is 67.3 cm³/mol. The summed E-state index contributed by atoms with van der Waals surface area (Å²) in [6, 6.07) is 1.24. The van der Waals surface area contributed by atoms with Crippen molar-refractivity contribution in [3.05, 3.63) is 0 Å². The van der Waals surface area contributed by atoms with Gasteiger partial charge in [0.1, 0.15) is 0 Å². The van der Waals surface area contributed by atoms with Gasteiger partial charge < -0.3 is 9.80 Å². The van der Waals surface area contributed by atoms with Gasteiger partial charge in [0.15, 0.2) is 0 Å². The zero-order valence-electron chi connectivity index (χ0n) is 11.4. The predicted octanol–water partition coefficient (Wildman–Crippen LogP) is 1.97. The molecule has 0 aromatic carbocycles. The van der Waals surface area contributed by atoms with E-state index in [4.69, 9.17) is 0 Å². The summed E-state index contributed by atoms with van der Waals surface area (Å²) in [6.07, 6.45) is 2.24. The molecule has 1 saturated heterocycles. The topological polar surface area (TPSA) is 23.6 Å². The van der Waals surface area contributed by atoms with Gasteiger partial charge in [0, 0.05) is 31.1 Å². The quantitative estimate of drug-likeness (QED) is 0.734. The number of rotatable bonds is 3. The van der Waals surface area contributed by atoms with Gasteiger partial charge in [-0.05, 0) is 33.7 Å². The molecule has 0 unspecified atom stereocenters. The van der Waals surface area contributed by atoms with Crippen molar-refractivity contribution in [1.82, 2.24) is 9.80 Å². The number of hydrogen-bond donors (Lipinski definition) is 0. The first kappa shape index (κ1) is 13.5. The van der Waals surface area contributed by atoms with E-state index in [0.717, 1.165) is 25.9 Å². The van der Waals surface area contributed by atoms with Crippen molar-refractivity contribution in [2.24, 2.45) is 5.92 Å². The molecule has 0 bridgehead atoms. The molecule has 1 aliphatic heterocycles. The van der Waals surface area contributed by atoms with E-state index in [1.807, 2.05) is 18.7 Å². The number of carbonyl (C=O) groups is 1. The monoisotopic (exact) mass is 226 g/mol. The summed E-state index contributed by atoms with van der Waals surface area (Å²) in [5.74, 6) is 0.449. The molecule has 0 aliphatic carbocycles. The first-order chi connectivity index (χ1) is 7.43. The van der Waals surface area contributed by atoms with Gasteiger partial charge in [-0.15, -0.1) is 0 Å². The number of likely N-dealkylation sites (tertiary alicyclic amines) is 1. The highest BCUT2D eigenvalue weighted by Gasteiger charge is 2.26. The van der Waals surface area contributed by atoms with Gasteiger partial charge in [-0.1, -0.05) is 13.8 Å². The van der Waals surface area contributed by atoms with E-state index in [2.05, 4.69) is 25.8 Å². The molecule has 0 aromatic rings. The number of amides is 1. The third-order valence-corrected chi connectivity index (χ3v) is 3.66. The lowest BCUT2D eigenvalue weighted by Crippen LogP contribution is -2.48. The maximum atomic E-state index is 11.8. The van der Waals surface area contributed by atoms with E-state index >= 15 is 0 Å². The van der Waals surface area contributed by atoms with Crippen molar-refractivity contribution in [3.63, 3.8) is 0 Å². The molecule has 1 amide bonds. The summed E-state index contributed by atoms with van der Waals surface area (Å²) in [5, 5.41) is 0. The number of nitrogens with zero attached hydrogens (tertiary/aromatic N) is 2. The molecule has 16 heavy (non-hydrogen) atoms. The lowest BCUT2D eigenvalue weighted by Gasteiger charge is -2.39. The van der Waals surface area contributed by atoms with Crippen LogP contribution < -0.4 is 0 Å². The Balaban J connectivity index is 2.42. The summed E-state index contributed by atoms with van der Waals surface area (Å²) in [7, 11) is 2.19. The van der Waals surface area contributed by atoms with E-state index < -0.39 is 0 Å². The van der Waals surface area contributed by atoms with E-state index in [1.54, 1.807) is 0 Å². The second-order valence-corrected chi connectivity index (χ2v) is 5.47. The Bertz CT molecular complexity index is 230. The fourth-order valence-electron chi connectivity index (χ4n) is 2.28. The minimum atomic E-state index is 0.138. The Labute approximate surface area is 99.8 Å². The maximum absolute atomic E-state index is 11.8. The van der Waals surface area contributed by atoms with Crippen LogP contribution in [0.25, 0.3) is 0 Å². The highest BCUT2D eigenvalue weighted by Crippen LogP contribution is 2.18. The van der Waals surface area contributed by atoms with Crippen molar-refractivity contribution in [2.75, 3.05) is 20.1 Å². The van der Waals surface area contributed by atoms with Gasteiger partial charge >= 0.3 is 0 Å². The lowest BCUT2D eigenvalue weighted by atomic mass is 10.0. The van der Waals surface area contributed by atoms with Crippen LogP contribution in [0.3, 0.4) is 0 Å². The molecule has 1 heterocycles. The van der Waals surface area contributed by atoms with E-state index in [0.29, 0.717) is 18.0 Å². The second-order valence-electron chi connectivity index (χ2n) is 5.47. The van der Waals surface area contributed by atoms with Crippen LogP contribution in [0.4, 0.5) is 0 Å². The first-order valence-corrected chi connectivity index (χ1v) is 6.44. The molecule has 1 aliphatic rings. The van der Waals surface area contributed by atoms with Gasteiger partial charge in [0.05, 0.1) is 0 Å². The average Bonchev–Trinajstić information content (AvgIpc) is 2.27. The SMILES string of the molecule is CC(C)C(=O)N1CCC(N(C)C(C)C)CC1. The number of carbonyl (C=O) groups excluding carboxylic acids is 1. The van der Waals surface area contributed by atoms with Crippen LogP contribution >= 0.6 is 0 Å². The largest absolute Gasteiger partial charge is 0.342 e. The van der Waals surface area contributed by atoms with Crippen LogP contribution in [-0.2, 0) is 4.79 Å². The van der Waals surface area contributed by atoms with Gasteiger partial charge in [-0.3, -0.25) is 4.79 Å². The standard InChI is InChI=1S/C13H26N2O/c1-10(2)13(16)15-8-6-12(7-9-15)14(5)11(3)4/h10-12H,6-9H2,1-5H3. The van der Waals surface area contributed by atoms with E-state index in [9.17, 15) is 4.79 Å². The summed E-state index contributed by atoms with van der Waals surface area (Å²) in [5.41, 5.74) is 0. The van der Waals surface area contributed by atoms with E-state index in [-0.39, 0.29) is 5.92 Å². The van der Waals surface area contributed by atoms with Crippen LogP contribution in [0.2, 0.25) is 0 Å². The van der Waals surface area contributed by atoms with Gasteiger partial charge in [-0.2, -0.15) is 0 Å². The number of piperidine rings is 1. The lowest BCUT2D eigenvalue weighted by molar-refractivity contribution is -0.136. The molecule has 3 heteroatoms. The zero-order valence-corrected chi connectivity index (χ0v) is 11.4. The molecule has 94 valence electrons. The minimum absolute atomic E-state index is 0.138. The molecular formula is C13H26N2O. The van der Waals surface area contributed by atoms with Crippen LogP contribution in [0.1, 0.15) is 40.5 Å². The summed E-state index contributed by atoms with van der Waals surface area (Å²) < 4.78 is 0. The molecule has 0 saturated carbocycles. The van der Waals surface area contributed by atoms with Crippen LogP contribution in [0, 0.1) is 5.92 Å². The van der Waals surface area contributed by atoms with Crippen molar-refractivity contribution in [2.45, 2.75) is 52.6 Å². The van der Waals surface area contributed by atoms with Gasteiger partial charge in [0.25, 0.3) is 0 Å². The van der Waals surface area contributed by atoms with Crippen LogP contribution in [0.5, 0.6) is 0 Å². The summed E-state index contributed by atoms with van der Waals surface area (Å²) in [6.45, 7) is 10.3. The van der Waals surface area contributed by atoms with Gasteiger partial charge in [-0.25, -0.2) is 0 Å². The zero-order chi connectivity index (χ0) is 12.3. The molecule has 0 radical (unpaired) electrons. The fourth-order valence-corrected chi connectivity index (χ4v) is 2.28. The Morgan fingerprint density at radius 1 is 1.19 bits per heavy atom. The Morgan fingerprint density at radius 2 is 1.69 bits per heavy atom. The van der Waals surface area contributed by atoms with Crippen molar-refractivity contribution in [3.8, 4) is 0 Å². The highest BCUT2D eigenvalue weighted by molar-refractivity contribution is 5.78. The van der Waals surface area contributed by atoms with Gasteiger partial charge in [0.2, 0.25) is 5.91 Å². The first-order valence-electron chi connectivity index (χ1n) is 6.44. The molecule has 0 N–H and O–H groups in total.